The van der Waals surface area contributed by atoms with Gasteiger partial charge in [0.05, 0.1) is 11.8 Å². The Hall–Kier alpha value is -1.14. The predicted octanol–water partition coefficient (Wildman–Crippen LogP) is 5.31. The van der Waals surface area contributed by atoms with E-state index < -0.39 is 17.8 Å². The lowest BCUT2D eigenvalue weighted by atomic mass is 9.60. The van der Waals surface area contributed by atoms with Crippen LogP contribution < -0.4 is 0 Å². The lowest BCUT2D eigenvalue weighted by Gasteiger charge is -2.40. The number of Topliss-reactive ketones (excluding diaryl/α,β-unsaturated/α-hetero) is 4. The predicted molar refractivity (Wildman–Crippen MR) is 117 cm³/mol. The molecule has 0 radical (unpaired) electrons. The molecule has 0 amide bonds. The van der Waals surface area contributed by atoms with Gasteiger partial charge in [0.15, 0.2) is 0 Å². The van der Waals surface area contributed by atoms with Gasteiger partial charge in [-0.2, -0.15) is 0 Å². The summed E-state index contributed by atoms with van der Waals surface area (Å²) >= 11 is 5.07. The van der Waals surface area contributed by atoms with E-state index in [0.29, 0.717) is 25.7 Å². The zero-order valence-electron chi connectivity index (χ0n) is 17.8. The summed E-state index contributed by atoms with van der Waals surface area (Å²) in [5.74, 6) is -3.03. The number of thiophene rings is 1. The number of carbonyl (C=O) groups is 4. The molecule has 4 nitrogen and oxygen atoms in total. The smallest absolute Gasteiger partial charge is 0.144 e. The zero-order valence-corrected chi connectivity index (χ0v) is 20.2. The van der Waals surface area contributed by atoms with E-state index in [-0.39, 0.29) is 34.0 Å². The molecule has 158 valence electrons. The number of carbonyl (C=O) groups excluding carboxylic acids is 4. The van der Waals surface area contributed by atoms with E-state index in [1.165, 1.54) is 11.3 Å². The monoisotopic (exact) mass is 480 g/mol. The molecule has 0 aliphatic heterocycles. The first-order valence-electron chi connectivity index (χ1n) is 10.2. The highest BCUT2D eigenvalue weighted by Gasteiger charge is 2.52. The summed E-state index contributed by atoms with van der Waals surface area (Å²) in [6, 6.07) is 1.91. The van der Waals surface area contributed by atoms with Crippen LogP contribution >= 0.6 is 27.3 Å². The molecule has 1 aromatic heterocycles. The van der Waals surface area contributed by atoms with E-state index in [0.717, 1.165) is 20.6 Å². The number of hydrogen-bond donors (Lipinski definition) is 0. The third-order valence-corrected chi connectivity index (χ3v) is 8.49. The third-order valence-electron chi connectivity index (χ3n) is 6.14. The van der Waals surface area contributed by atoms with Crippen LogP contribution in [0.25, 0.3) is 0 Å². The van der Waals surface area contributed by atoms with Gasteiger partial charge in [-0.15, -0.1) is 11.3 Å². The fraction of sp³-hybridized carbons (Fsp3) is 0.652. The molecule has 2 saturated carbocycles. The van der Waals surface area contributed by atoms with Crippen molar-refractivity contribution < 1.29 is 19.2 Å². The SMILES string of the molecule is CCc1sc(C(C2C(=O)CC(C)(C)CC2=O)C2C(=O)CC(C)(C)CC2=O)cc1Br. The van der Waals surface area contributed by atoms with Gasteiger partial charge >= 0.3 is 0 Å². The lowest BCUT2D eigenvalue weighted by Crippen LogP contribution is -2.48. The average molecular weight is 481 g/mol. The summed E-state index contributed by atoms with van der Waals surface area (Å²) in [5.41, 5.74) is -0.745. The quantitative estimate of drug-likeness (QED) is 0.547. The van der Waals surface area contributed by atoms with Crippen molar-refractivity contribution in [3.05, 3.63) is 20.3 Å². The normalized spacial score (nSPS) is 23.3. The minimum absolute atomic E-state index is 0.135. The molecule has 2 aliphatic rings. The number of aryl methyl sites for hydroxylation is 1. The van der Waals surface area contributed by atoms with E-state index >= 15 is 0 Å². The van der Waals surface area contributed by atoms with Crippen molar-refractivity contribution in [2.24, 2.45) is 22.7 Å². The molecular weight excluding hydrogens is 452 g/mol. The van der Waals surface area contributed by atoms with Crippen LogP contribution in [0.15, 0.2) is 10.5 Å². The molecule has 0 atom stereocenters. The molecule has 2 aliphatic carbocycles. The van der Waals surface area contributed by atoms with E-state index in [2.05, 4.69) is 15.9 Å². The Morgan fingerprint density at radius 2 is 1.28 bits per heavy atom. The lowest BCUT2D eigenvalue weighted by molar-refractivity contribution is -0.145. The number of ketones is 4. The van der Waals surface area contributed by atoms with Crippen LogP contribution in [0.4, 0.5) is 0 Å². The molecule has 6 heteroatoms. The molecule has 2 fully saturated rings. The van der Waals surface area contributed by atoms with Crippen LogP contribution in [0.2, 0.25) is 0 Å². The fourth-order valence-corrected chi connectivity index (χ4v) is 7.06. The standard InChI is InChI=1S/C23H29BrO4S/c1-6-17-12(24)7-18(29-17)21(19-13(25)8-22(2,3)9-14(19)26)20-15(27)10-23(4,5)11-16(20)28/h7,19-21H,6,8-11H2,1-5H3. The van der Waals surface area contributed by atoms with Crippen molar-refractivity contribution in [1.82, 2.24) is 0 Å². The zero-order chi connectivity index (χ0) is 21.7. The van der Waals surface area contributed by atoms with Crippen LogP contribution in [-0.4, -0.2) is 23.1 Å². The summed E-state index contributed by atoms with van der Waals surface area (Å²) in [7, 11) is 0. The second kappa shape index (κ2) is 7.84. The molecule has 29 heavy (non-hydrogen) atoms. The van der Waals surface area contributed by atoms with E-state index in [4.69, 9.17) is 0 Å². The van der Waals surface area contributed by atoms with Crippen LogP contribution in [-0.2, 0) is 25.6 Å². The summed E-state index contributed by atoms with van der Waals surface area (Å²) in [5, 5.41) is 0. The molecule has 0 saturated heterocycles. The van der Waals surface area contributed by atoms with Gasteiger partial charge in [0.1, 0.15) is 23.1 Å². The molecule has 3 rings (SSSR count). The van der Waals surface area contributed by atoms with E-state index in [1.807, 2.05) is 40.7 Å². The largest absolute Gasteiger partial charge is 0.299 e. The van der Waals surface area contributed by atoms with Gasteiger partial charge in [0.2, 0.25) is 0 Å². The summed E-state index contributed by atoms with van der Waals surface area (Å²) in [6.45, 7) is 9.72. The van der Waals surface area contributed by atoms with Crippen molar-refractivity contribution in [2.45, 2.75) is 72.6 Å². The summed E-state index contributed by atoms with van der Waals surface area (Å²) in [4.78, 5) is 54.4. The van der Waals surface area contributed by atoms with Crippen molar-refractivity contribution in [3.8, 4) is 0 Å². The highest BCUT2D eigenvalue weighted by molar-refractivity contribution is 9.10. The highest BCUT2D eigenvalue weighted by Crippen LogP contribution is 2.49. The second-order valence-electron chi connectivity index (χ2n) is 10.2. The molecule has 0 bridgehead atoms. The van der Waals surface area contributed by atoms with Gasteiger partial charge in [0, 0.05) is 45.8 Å². The molecule has 0 unspecified atom stereocenters. The fourth-order valence-electron chi connectivity index (χ4n) is 4.96. The molecule has 1 heterocycles. The first kappa shape index (κ1) is 22.5. The summed E-state index contributed by atoms with van der Waals surface area (Å²) in [6.07, 6.45) is 2.00. The number of halogens is 1. The Balaban J connectivity index is 2.10. The van der Waals surface area contributed by atoms with E-state index in [1.54, 1.807) is 0 Å². The maximum absolute atomic E-state index is 13.1. The molecule has 0 aromatic carbocycles. The minimum atomic E-state index is -0.905. The van der Waals surface area contributed by atoms with Crippen LogP contribution in [0.1, 0.15) is 76.0 Å². The maximum atomic E-state index is 13.1. The summed E-state index contributed by atoms with van der Waals surface area (Å²) < 4.78 is 0.914. The van der Waals surface area contributed by atoms with Crippen LogP contribution in [0.3, 0.4) is 0 Å². The van der Waals surface area contributed by atoms with Gasteiger partial charge < -0.3 is 0 Å². The Kier molecular flexibility index (Phi) is 6.10. The number of rotatable bonds is 4. The van der Waals surface area contributed by atoms with Gasteiger partial charge in [0.25, 0.3) is 0 Å². The Morgan fingerprint density at radius 3 is 1.59 bits per heavy atom. The first-order valence-corrected chi connectivity index (χ1v) is 11.8. The average Bonchev–Trinajstić information content (AvgIpc) is 2.90. The third kappa shape index (κ3) is 4.48. The maximum Gasteiger partial charge on any atom is 0.144 e. The Labute approximate surface area is 185 Å². The molecule has 0 N–H and O–H groups in total. The van der Waals surface area contributed by atoms with Crippen molar-refractivity contribution in [3.63, 3.8) is 0 Å². The van der Waals surface area contributed by atoms with Gasteiger partial charge in [-0.3, -0.25) is 19.2 Å². The Bertz CT molecular complexity index is 791. The highest BCUT2D eigenvalue weighted by atomic mass is 79.9. The molecule has 0 spiro atoms. The van der Waals surface area contributed by atoms with Crippen molar-refractivity contribution in [1.29, 1.82) is 0 Å². The van der Waals surface area contributed by atoms with Crippen molar-refractivity contribution >= 4 is 50.4 Å². The topological polar surface area (TPSA) is 68.3 Å². The molecule has 1 aromatic rings. The van der Waals surface area contributed by atoms with Gasteiger partial charge in [-0.25, -0.2) is 0 Å². The first-order chi connectivity index (χ1) is 13.3. The van der Waals surface area contributed by atoms with Crippen LogP contribution in [0, 0.1) is 22.7 Å². The van der Waals surface area contributed by atoms with Crippen LogP contribution in [0.5, 0.6) is 0 Å². The number of hydrogen-bond acceptors (Lipinski definition) is 5. The van der Waals surface area contributed by atoms with Crippen molar-refractivity contribution in [2.75, 3.05) is 0 Å². The minimum Gasteiger partial charge on any atom is -0.299 e. The van der Waals surface area contributed by atoms with Gasteiger partial charge in [-0.05, 0) is 39.2 Å². The Morgan fingerprint density at radius 1 is 0.897 bits per heavy atom. The second-order valence-corrected chi connectivity index (χ2v) is 12.2. The molecular formula is C23H29BrO4S. The van der Waals surface area contributed by atoms with E-state index in [9.17, 15) is 19.2 Å². The van der Waals surface area contributed by atoms with Gasteiger partial charge in [-0.1, -0.05) is 34.6 Å².